The van der Waals surface area contributed by atoms with Crippen LogP contribution in [0, 0.1) is 0 Å². The summed E-state index contributed by atoms with van der Waals surface area (Å²) in [5.74, 6) is 0. The largest absolute Gasteiger partial charge is 0.0988 e. The third-order valence-electron chi connectivity index (χ3n) is 2.12. The van der Waals surface area contributed by atoms with Gasteiger partial charge in [-0.05, 0) is 25.0 Å². The third-order valence-corrected chi connectivity index (χ3v) is 2.12. The van der Waals surface area contributed by atoms with E-state index in [9.17, 15) is 0 Å². The van der Waals surface area contributed by atoms with E-state index in [1.54, 1.807) is 0 Å². The second-order valence-corrected chi connectivity index (χ2v) is 3.20. The van der Waals surface area contributed by atoms with Gasteiger partial charge in [-0.3, -0.25) is 0 Å². The van der Waals surface area contributed by atoms with Crippen LogP contribution in [0.2, 0.25) is 0 Å². The monoisotopic (exact) mass is 184 g/mol. The molecule has 0 saturated carbocycles. The Morgan fingerprint density at radius 2 is 1.86 bits per heavy atom. The van der Waals surface area contributed by atoms with Crippen molar-refractivity contribution >= 4 is 5.57 Å². The molecule has 0 atom stereocenters. The van der Waals surface area contributed by atoms with E-state index in [1.165, 1.54) is 16.7 Å². The molecule has 0 bridgehead atoms. The molecule has 0 amide bonds. The molecule has 0 aliphatic rings. The molecule has 0 aliphatic carbocycles. The lowest BCUT2D eigenvalue weighted by Crippen LogP contribution is -1.80. The Bertz CT molecular complexity index is 353. The molecule has 1 rings (SSSR count). The summed E-state index contributed by atoms with van der Waals surface area (Å²) in [7, 11) is 0. The Morgan fingerprint density at radius 1 is 1.21 bits per heavy atom. The topological polar surface area (TPSA) is 0 Å². The quantitative estimate of drug-likeness (QED) is 0.617. The average Bonchev–Trinajstić information content (AvgIpc) is 2.26. The van der Waals surface area contributed by atoms with E-state index in [-0.39, 0.29) is 0 Å². The minimum absolute atomic E-state index is 1.18. The SMILES string of the molecule is C=C/C(C)=C/C(=C\C)c1ccccc1. The highest BCUT2D eigenvalue weighted by Crippen LogP contribution is 2.17. The highest BCUT2D eigenvalue weighted by molar-refractivity contribution is 5.74. The van der Waals surface area contributed by atoms with Crippen molar-refractivity contribution in [2.24, 2.45) is 0 Å². The molecule has 72 valence electrons. The second-order valence-electron chi connectivity index (χ2n) is 3.20. The van der Waals surface area contributed by atoms with E-state index in [0.29, 0.717) is 0 Å². The van der Waals surface area contributed by atoms with Gasteiger partial charge in [0.05, 0.1) is 0 Å². The van der Waals surface area contributed by atoms with Gasteiger partial charge in [0.1, 0.15) is 0 Å². The van der Waals surface area contributed by atoms with Gasteiger partial charge in [0.25, 0.3) is 0 Å². The smallest absolute Gasteiger partial charge is 0.0187 e. The molecular weight excluding hydrogens is 168 g/mol. The molecule has 14 heavy (non-hydrogen) atoms. The molecule has 0 heterocycles. The Balaban J connectivity index is 3.02. The predicted molar refractivity (Wildman–Crippen MR) is 64.0 cm³/mol. The molecular formula is C14H16. The molecule has 0 aliphatic heterocycles. The molecule has 0 unspecified atom stereocenters. The van der Waals surface area contributed by atoms with Gasteiger partial charge in [0.15, 0.2) is 0 Å². The molecule has 0 N–H and O–H groups in total. The summed E-state index contributed by atoms with van der Waals surface area (Å²) >= 11 is 0. The van der Waals surface area contributed by atoms with Crippen LogP contribution in [0.25, 0.3) is 5.57 Å². The molecule has 0 spiro atoms. The third kappa shape index (κ3) is 2.74. The van der Waals surface area contributed by atoms with Gasteiger partial charge >= 0.3 is 0 Å². The highest BCUT2D eigenvalue weighted by atomic mass is 14.0. The minimum Gasteiger partial charge on any atom is -0.0988 e. The number of hydrogen-bond donors (Lipinski definition) is 0. The first kappa shape index (κ1) is 10.5. The van der Waals surface area contributed by atoms with Crippen molar-refractivity contribution in [1.29, 1.82) is 0 Å². The van der Waals surface area contributed by atoms with Crippen molar-refractivity contribution < 1.29 is 0 Å². The first-order valence-electron chi connectivity index (χ1n) is 4.80. The summed E-state index contributed by atoms with van der Waals surface area (Å²) in [6, 6.07) is 10.4. The molecule has 1 aromatic rings. The maximum atomic E-state index is 3.75. The maximum absolute atomic E-state index is 3.75. The number of rotatable bonds is 3. The fourth-order valence-corrected chi connectivity index (χ4v) is 1.27. The zero-order valence-electron chi connectivity index (χ0n) is 8.83. The van der Waals surface area contributed by atoms with Gasteiger partial charge in [-0.15, -0.1) is 0 Å². The van der Waals surface area contributed by atoms with Crippen molar-refractivity contribution in [1.82, 2.24) is 0 Å². The zero-order chi connectivity index (χ0) is 10.4. The molecule has 1 aromatic carbocycles. The fraction of sp³-hybridized carbons (Fsp3) is 0.143. The summed E-state index contributed by atoms with van der Waals surface area (Å²) < 4.78 is 0. The standard InChI is InChI=1S/C14H16/c1-4-12(3)11-13(5-2)14-9-7-6-8-10-14/h4-11H,1H2,2-3H3/b12-11+,13-5+. The van der Waals surface area contributed by atoms with Crippen LogP contribution in [0.4, 0.5) is 0 Å². The summed E-state index contributed by atoms with van der Waals surface area (Å²) in [6.45, 7) is 7.85. The first-order valence-corrected chi connectivity index (χ1v) is 4.80. The van der Waals surface area contributed by atoms with Gasteiger partial charge in [-0.2, -0.15) is 0 Å². The van der Waals surface area contributed by atoms with E-state index >= 15 is 0 Å². The average molecular weight is 184 g/mol. The van der Waals surface area contributed by atoms with Crippen LogP contribution in [-0.2, 0) is 0 Å². The second kappa shape index (κ2) is 5.23. The van der Waals surface area contributed by atoms with Gasteiger partial charge in [0.2, 0.25) is 0 Å². The van der Waals surface area contributed by atoms with Gasteiger partial charge in [-0.1, -0.05) is 60.7 Å². The molecule has 0 nitrogen and oxygen atoms in total. The lowest BCUT2D eigenvalue weighted by atomic mass is 10.0. The van der Waals surface area contributed by atoms with E-state index in [4.69, 9.17) is 0 Å². The molecule has 0 fully saturated rings. The van der Waals surface area contributed by atoms with Crippen molar-refractivity contribution in [3.63, 3.8) is 0 Å². The Kier molecular flexibility index (Phi) is 3.93. The molecule has 0 heteroatoms. The van der Waals surface area contributed by atoms with Crippen LogP contribution in [-0.4, -0.2) is 0 Å². The Labute approximate surface area is 86.3 Å². The molecule has 0 saturated heterocycles. The lowest BCUT2D eigenvalue weighted by Gasteiger charge is -2.02. The summed E-state index contributed by atoms with van der Waals surface area (Å²) in [5, 5.41) is 0. The lowest BCUT2D eigenvalue weighted by molar-refractivity contribution is 1.51. The van der Waals surface area contributed by atoms with Gasteiger partial charge < -0.3 is 0 Å². The predicted octanol–water partition coefficient (Wildman–Crippen LogP) is 4.22. The van der Waals surface area contributed by atoms with Crippen LogP contribution in [0.15, 0.2) is 60.7 Å². The number of hydrogen-bond acceptors (Lipinski definition) is 0. The van der Waals surface area contributed by atoms with Crippen LogP contribution in [0.3, 0.4) is 0 Å². The number of benzene rings is 1. The van der Waals surface area contributed by atoms with E-state index in [0.717, 1.165) is 0 Å². The van der Waals surface area contributed by atoms with Gasteiger partial charge in [0, 0.05) is 0 Å². The summed E-state index contributed by atoms with van der Waals surface area (Å²) in [4.78, 5) is 0. The minimum atomic E-state index is 1.18. The number of allylic oxidation sites excluding steroid dienone is 5. The first-order chi connectivity index (χ1) is 6.77. The van der Waals surface area contributed by atoms with Crippen molar-refractivity contribution in [3.8, 4) is 0 Å². The Hall–Kier alpha value is -1.56. The zero-order valence-corrected chi connectivity index (χ0v) is 8.83. The van der Waals surface area contributed by atoms with Crippen LogP contribution < -0.4 is 0 Å². The van der Waals surface area contributed by atoms with Gasteiger partial charge in [-0.25, -0.2) is 0 Å². The maximum Gasteiger partial charge on any atom is -0.0187 e. The summed E-state index contributed by atoms with van der Waals surface area (Å²) in [5.41, 5.74) is 3.67. The normalized spacial score (nSPS) is 12.7. The highest BCUT2D eigenvalue weighted by Gasteiger charge is 1.95. The Morgan fingerprint density at radius 3 is 2.36 bits per heavy atom. The van der Waals surface area contributed by atoms with Crippen molar-refractivity contribution in [2.45, 2.75) is 13.8 Å². The molecule has 0 radical (unpaired) electrons. The van der Waals surface area contributed by atoms with Crippen molar-refractivity contribution in [2.75, 3.05) is 0 Å². The van der Waals surface area contributed by atoms with Crippen molar-refractivity contribution in [3.05, 3.63) is 66.3 Å². The van der Waals surface area contributed by atoms with E-state index in [1.807, 2.05) is 12.1 Å². The van der Waals surface area contributed by atoms with Crippen LogP contribution in [0.5, 0.6) is 0 Å². The van der Waals surface area contributed by atoms with Crippen LogP contribution in [0.1, 0.15) is 19.4 Å². The molecule has 0 aromatic heterocycles. The van der Waals surface area contributed by atoms with E-state index < -0.39 is 0 Å². The summed E-state index contributed by atoms with van der Waals surface area (Å²) in [6.07, 6.45) is 6.12. The van der Waals surface area contributed by atoms with E-state index in [2.05, 4.69) is 56.8 Å². The fourth-order valence-electron chi connectivity index (χ4n) is 1.27. The van der Waals surface area contributed by atoms with Crippen LogP contribution >= 0.6 is 0 Å².